The van der Waals surface area contributed by atoms with E-state index in [0.29, 0.717) is 0 Å². The maximum Gasteiger partial charge on any atom is 0.0901 e. The van der Waals surface area contributed by atoms with Crippen LogP contribution in [0.3, 0.4) is 0 Å². The predicted octanol–water partition coefficient (Wildman–Crippen LogP) is 2.31. The summed E-state index contributed by atoms with van der Waals surface area (Å²) >= 11 is 1.65. The van der Waals surface area contributed by atoms with Crippen molar-refractivity contribution in [1.82, 2.24) is 9.97 Å². The van der Waals surface area contributed by atoms with Crippen molar-refractivity contribution in [2.24, 2.45) is 0 Å². The van der Waals surface area contributed by atoms with Crippen LogP contribution in [0.2, 0.25) is 0 Å². The molecule has 0 amide bonds. The lowest BCUT2D eigenvalue weighted by Gasteiger charge is -1.91. The van der Waals surface area contributed by atoms with Gasteiger partial charge >= 0.3 is 0 Å². The van der Waals surface area contributed by atoms with E-state index < -0.39 is 0 Å². The van der Waals surface area contributed by atoms with Gasteiger partial charge in [0.2, 0.25) is 0 Å². The van der Waals surface area contributed by atoms with Crippen molar-refractivity contribution in [2.45, 2.75) is 6.92 Å². The van der Waals surface area contributed by atoms with E-state index in [2.05, 4.69) is 16.2 Å². The molecule has 0 unspecified atom stereocenters. The summed E-state index contributed by atoms with van der Waals surface area (Å²) in [6, 6.07) is 3.76. The van der Waals surface area contributed by atoms with Gasteiger partial charge in [-0.25, -0.2) is 4.98 Å². The van der Waals surface area contributed by atoms with Crippen molar-refractivity contribution in [1.29, 1.82) is 0 Å². The quantitative estimate of drug-likeness (QED) is 0.664. The highest BCUT2D eigenvalue weighted by Crippen LogP contribution is 2.19. The first-order chi connectivity index (χ1) is 5.86. The number of hydrogen-bond donors (Lipinski definition) is 0. The molecule has 0 N–H and O–H groups in total. The van der Waals surface area contributed by atoms with E-state index in [0.717, 1.165) is 16.3 Å². The fourth-order valence-corrected chi connectivity index (χ4v) is 1.59. The standard InChI is InChI=1S/C9H7N2S/c1-7-11-9(6-12-7)8-3-2-4-10-5-8/h2-3,5-6H,1H3. The third-order valence-electron chi connectivity index (χ3n) is 1.53. The van der Waals surface area contributed by atoms with Crippen molar-refractivity contribution in [3.8, 4) is 11.3 Å². The topological polar surface area (TPSA) is 25.8 Å². The van der Waals surface area contributed by atoms with Crippen LogP contribution in [0.4, 0.5) is 0 Å². The van der Waals surface area contributed by atoms with Gasteiger partial charge in [-0.05, 0) is 19.1 Å². The van der Waals surface area contributed by atoms with Gasteiger partial charge in [-0.1, -0.05) is 0 Å². The molecule has 0 bridgehead atoms. The van der Waals surface area contributed by atoms with E-state index in [-0.39, 0.29) is 0 Å². The van der Waals surface area contributed by atoms with E-state index in [1.165, 1.54) is 0 Å². The van der Waals surface area contributed by atoms with Gasteiger partial charge in [0.15, 0.2) is 0 Å². The minimum atomic E-state index is 0.999. The molecular formula is C9H7N2S. The molecule has 0 spiro atoms. The monoisotopic (exact) mass is 175 g/mol. The highest BCUT2D eigenvalue weighted by atomic mass is 32.1. The zero-order valence-corrected chi connectivity index (χ0v) is 7.43. The molecule has 2 aromatic heterocycles. The molecule has 0 fully saturated rings. The normalized spacial score (nSPS) is 10.1. The Labute approximate surface area is 74.9 Å². The van der Waals surface area contributed by atoms with E-state index in [9.17, 15) is 0 Å². The van der Waals surface area contributed by atoms with Gasteiger partial charge in [0.1, 0.15) is 0 Å². The molecular weight excluding hydrogens is 168 g/mol. The SMILES string of the molecule is Cc1nc(-c2cc[c]nc2)cs1. The first-order valence-electron chi connectivity index (χ1n) is 3.61. The zero-order valence-electron chi connectivity index (χ0n) is 6.61. The number of aromatic nitrogens is 2. The van der Waals surface area contributed by atoms with Crippen LogP contribution in [0.1, 0.15) is 5.01 Å². The second kappa shape index (κ2) is 3.03. The molecule has 59 valence electrons. The Morgan fingerprint density at radius 2 is 2.42 bits per heavy atom. The summed E-state index contributed by atoms with van der Waals surface area (Å²) in [5.41, 5.74) is 2.05. The summed E-state index contributed by atoms with van der Waals surface area (Å²) < 4.78 is 0. The summed E-state index contributed by atoms with van der Waals surface area (Å²) in [5.74, 6) is 0. The molecule has 12 heavy (non-hydrogen) atoms. The van der Waals surface area contributed by atoms with Crippen LogP contribution in [0.25, 0.3) is 11.3 Å². The molecule has 0 aromatic carbocycles. The van der Waals surface area contributed by atoms with Crippen molar-refractivity contribution >= 4 is 11.3 Å². The van der Waals surface area contributed by atoms with Gasteiger partial charge < -0.3 is 0 Å². The van der Waals surface area contributed by atoms with Gasteiger partial charge in [-0.15, -0.1) is 11.3 Å². The number of nitrogens with zero attached hydrogens (tertiary/aromatic N) is 2. The molecule has 0 saturated carbocycles. The van der Waals surface area contributed by atoms with Crippen LogP contribution in [0, 0.1) is 13.1 Å². The highest BCUT2D eigenvalue weighted by Gasteiger charge is 1.99. The minimum Gasteiger partial charge on any atom is -0.254 e. The average Bonchev–Trinajstić information content (AvgIpc) is 2.54. The summed E-state index contributed by atoms with van der Waals surface area (Å²) in [4.78, 5) is 8.26. The number of thiazole rings is 1. The molecule has 0 saturated heterocycles. The summed E-state index contributed by atoms with van der Waals surface area (Å²) in [5, 5.41) is 3.12. The molecule has 2 rings (SSSR count). The smallest absolute Gasteiger partial charge is 0.0901 e. The molecule has 1 radical (unpaired) electrons. The summed E-state index contributed by atoms with van der Waals surface area (Å²) in [6.07, 6.45) is 4.51. The number of rotatable bonds is 1. The first-order valence-corrected chi connectivity index (χ1v) is 4.49. The van der Waals surface area contributed by atoms with E-state index in [1.54, 1.807) is 23.6 Å². The van der Waals surface area contributed by atoms with Crippen molar-refractivity contribution < 1.29 is 0 Å². The molecule has 2 nitrogen and oxygen atoms in total. The van der Waals surface area contributed by atoms with Crippen LogP contribution >= 0.6 is 11.3 Å². The van der Waals surface area contributed by atoms with Crippen LogP contribution in [-0.2, 0) is 0 Å². The molecule has 0 aliphatic carbocycles. The largest absolute Gasteiger partial charge is 0.254 e. The van der Waals surface area contributed by atoms with E-state index >= 15 is 0 Å². The number of hydrogen-bond acceptors (Lipinski definition) is 3. The van der Waals surface area contributed by atoms with Crippen molar-refractivity contribution in [2.75, 3.05) is 0 Å². The summed E-state index contributed by atoms with van der Waals surface area (Å²) in [7, 11) is 0. The lowest BCUT2D eigenvalue weighted by molar-refractivity contribution is 1.26. The first kappa shape index (κ1) is 7.43. The Morgan fingerprint density at radius 1 is 1.50 bits per heavy atom. The van der Waals surface area contributed by atoms with Crippen LogP contribution in [-0.4, -0.2) is 9.97 Å². The minimum absolute atomic E-state index is 0.999. The maximum absolute atomic E-state index is 4.35. The van der Waals surface area contributed by atoms with Gasteiger partial charge in [0, 0.05) is 17.1 Å². The second-order valence-electron chi connectivity index (χ2n) is 2.43. The fraction of sp³-hybridized carbons (Fsp3) is 0.111. The fourth-order valence-electron chi connectivity index (χ4n) is 0.967. The third-order valence-corrected chi connectivity index (χ3v) is 2.30. The Balaban J connectivity index is 2.45. The Bertz CT molecular complexity index is 367. The van der Waals surface area contributed by atoms with Crippen LogP contribution in [0.15, 0.2) is 23.7 Å². The number of pyridine rings is 1. The Hall–Kier alpha value is -1.22. The highest BCUT2D eigenvalue weighted by molar-refractivity contribution is 7.09. The lowest BCUT2D eigenvalue weighted by Crippen LogP contribution is -1.78. The van der Waals surface area contributed by atoms with Crippen molar-refractivity contribution in [3.05, 3.63) is 34.9 Å². The van der Waals surface area contributed by atoms with Gasteiger partial charge in [-0.2, -0.15) is 0 Å². The third kappa shape index (κ3) is 1.36. The zero-order chi connectivity index (χ0) is 8.39. The Morgan fingerprint density at radius 3 is 3.00 bits per heavy atom. The lowest BCUT2D eigenvalue weighted by atomic mass is 10.2. The average molecular weight is 175 g/mol. The van der Waals surface area contributed by atoms with Crippen molar-refractivity contribution in [3.63, 3.8) is 0 Å². The maximum atomic E-state index is 4.35. The Kier molecular flexibility index (Phi) is 1.87. The van der Waals surface area contributed by atoms with E-state index in [4.69, 9.17) is 0 Å². The van der Waals surface area contributed by atoms with Gasteiger partial charge in [0.05, 0.1) is 16.9 Å². The van der Waals surface area contributed by atoms with Gasteiger partial charge in [0.25, 0.3) is 0 Å². The van der Waals surface area contributed by atoms with Crippen LogP contribution in [0.5, 0.6) is 0 Å². The molecule has 0 aliphatic rings. The second-order valence-corrected chi connectivity index (χ2v) is 3.49. The molecule has 3 heteroatoms. The predicted molar refractivity (Wildman–Crippen MR) is 48.9 cm³/mol. The molecule has 0 aliphatic heterocycles. The van der Waals surface area contributed by atoms with Gasteiger partial charge in [-0.3, -0.25) is 4.98 Å². The van der Waals surface area contributed by atoms with Crippen LogP contribution < -0.4 is 0 Å². The van der Waals surface area contributed by atoms with E-state index in [1.807, 2.05) is 18.4 Å². The molecule has 2 aromatic rings. The number of aryl methyl sites for hydroxylation is 1. The molecule has 2 heterocycles. The molecule has 0 atom stereocenters. The summed E-state index contributed by atoms with van der Waals surface area (Å²) in [6.45, 7) is 2.00.